The number of hydrogen-bond acceptors (Lipinski definition) is 7. The van der Waals surface area contributed by atoms with Gasteiger partial charge in [-0.25, -0.2) is 18.6 Å². The molecule has 0 aliphatic heterocycles. The Morgan fingerprint density at radius 3 is 2.47 bits per heavy atom. The molecule has 0 aliphatic rings. The van der Waals surface area contributed by atoms with Gasteiger partial charge in [-0.15, -0.1) is 11.8 Å². The van der Waals surface area contributed by atoms with Gasteiger partial charge in [0.2, 0.25) is 0 Å². The number of anilines is 1. The van der Waals surface area contributed by atoms with E-state index in [4.69, 9.17) is 15.2 Å². The van der Waals surface area contributed by atoms with E-state index >= 15 is 4.39 Å². The zero-order valence-electron chi connectivity index (χ0n) is 16.6. The monoisotopic (exact) mass is 437 g/mol. The molecule has 0 heterocycles. The Balaban J connectivity index is 2.74. The molecule has 0 spiro atoms. The quantitative estimate of drug-likeness (QED) is 0.392. The van der Waals surface area contributed by atoms with Crippen LogP contribution in [0.1, 0.15) is 5.56 Å². The minimum absolute atomic E-state index is 0.0409. The summed E-state index contributed by atoms with van der Waals surface area (Å²) in [6, 6.07) is 9.20. The van der Waals surface area contributed by atoms with Crippen LogP contribution in [-0.2, 0) is 4.74 Å². The van der Waals surface area contributed by atoms with Crippen LogP contribution in [0.25, 0.3) is 0 Å². The van der Waals surface area contributed by atoms with Crippen molar-refractivity contribution in [2.45, 2.75) is 0 Å². The fourth-order valence-electron chi connectivity index (χ4n) is 2.34. The van der Waals surface area contributed by atoms with Crippen LogP contribution in [0.15, 0.2) is 46.4 Å². The maximum Gasteiger partial charge on any atom is 0.434 e. The van der Waals surface area contributed by atoms with Gasteiger partial charge in [-0.05, 0) is 36.6 Å². The number of alkyl halides is 1. The second kappa shape index (κ2) is 11.1. The zero-order valence-corrected chi connectivity index (χ0v) is 17.5. The SMILES string of the molecule is COC(=O)N=C(SC)C(=Nc1ccc(N)cc1)c1cc(OC)cc(OCCF)c1F. The van der Waals surface area contributed by atoms with Gasteiger partial charge in [-0.1, -0.05) is 0 Å². The molecule has 0 unspecified atom stereocenters. The highest BCUT2D eigenvalue weighted by Gasteiger charge is 2.22. The Hall–Kier alpha value is -3.14. The molecule has 0 saturated carbocycles. The van der Waals surface area contributed by atoms with Crippen LogP contribution >= 0.6 is 11.8 Å². The number of hydrogen-bond donors (Lipinski definition) is 1. The summed E-state index contributed by atoms with van der Waals surface area (Å²) in [5, 5.41) is 0.0993. The van der Waals surface area contributed by atoms with Gasteiger partial charge in [0.25, 0.3) is 0 Å². The van der Waals surface area contributed by atoms with E-state index in [0.717, 1.165) is 11.8 Å². The number of halogens is 2. The average Bonchev–Trinajstić information content (AvgIpc) is 2.76. The number of carbonyl (C=O) groups excluding carboxylic acids is 1. The van der Waals surface area contributed by atoms with E-state index in [1.54, 1.807) is 30.5 Å². The lowest BCUT2D eigenvalue weighted by Gasteiger charge is -2.14. The number of thioether (sulfide) groups is 1. The van der Waals surface area contributed by atoms with Crippen LogP contribution in [0.5, 0.6) is 11.5 Å². The topological polar surface area (TPSA) is 95.5 Å². The maximum atomic E-state index is 15.3. The summed E-state index contributed by atoms with van der Waals surface area (Å²) in [5.74, 6) is -0.764. The van der Waals surface area contributed by atoms with Gasteiger partial charge in [-0.3, -0.25) is 0 Å². The van der Waals surface area contributed by atoms with Crippen molar-refractivity contribution in [1.29, 1.82) is 0 Å². The molecule has 30 heavy (non-hydrogen) atoms. The third-order valence-electron chi connectivity index (χ3n) is 3.74. The Morgan fingerprint density at radius 2 is 1.90 bits per heavy atom. The normalized spacial score (nSPS) is 11.9. The minimum atomic E-state index is -0.874. The van der Waals surface area contributed by atoms with Crippen LogP contribution < -0.4 is 15.2 Å². The number of ether oxygens (including phenoxy) is 3. The summed E-state index contributed by atoms with van der Waals surface area (Å²) in [7, 11) is 2.57. The van der Waals surface area contributed by atoms with Crippen molar-refractivity contribution in [3.05, 3.63) is 47.8 Å². The Bertz CT molecular complexity index is 950. The number of methoxy groups -OCH3 is 2. The van der Waals surface area contributed by atoms with Gasteiger partial charge in [0.05, 0.1) is 19.9 Å². The van der Waals surface area contributed by atoms with Crippen molar-refractivity contribution < 1.29 is 27.8 Å². The maximum absolute atomic E-state index is 15.3. The van der Waals surface area contributed by atoms with Crippen molar-refractivity contribution in [3.8, 4) is 11.5 Å². The number of nitrogens with zero attached hydrogens (tertiary/aromatic N) is 2. The molecule has 160 valence electrons. The fraction of sp³-hybridized carbons (Fsp3) is 0.250. The molecule has 10 heteroatoms. The first-order chi connectivity index (χ1) is 14.4. The van der Waals surface area contributed by atoms with Gasteiger partial charge in [0.15, 0.2) is 11.6 Å². The number of rotatable bonds is 7. The Labute approximate surface area is 176 Å². The molecule has 0 saturated heterocycles. The van der Waals surface area contributed by atoms with Gasteiger partial charge in [0, 0.05) is 17.3 Å². The lowest BCUT2D eigenvalue weighted by atomic mass is 10.1. The molecule has 0 aromatic heterocycles. The lowest BCUT2D eigenvalue weighted by Crippen LogP contribution is -2.17. The number of amides is 1. The first-order valence-corrected chi connectivity index (χ1v) is 9.87. The average molecular weight is 437 g/mol. The van der Waals surface area contributed by atoms with E-state index in [2.05, 4.69) is 14.7 Å². The third-order valence-corrected chi connectivity index (χ3v) is 4.41. The molecule has 0 atom stereocenters. The van der Waals surface area contributed by atoms with Crippen LogP contribution in [0, 0.1) is 5.82 Å². The Morgan fingerprint density at radius 1 is 1.20 bits per heavy atom. The van der Waals surface area contributed by atoms with E-state index in [-0.39, 0.29) is 34.4 Å². The molecule has 2 aromatic rings. The fourth-order valence-corrected chi connectivity index (χ4v) is 2.86. The van der Waals surface area contributed by atoms with E-state index in [9.17, 15) is 9.18 Å². The minimum Gasteiger partial charge on any atom is -0.497 e. The highest BCUT2D eigenvalue weighted by atomic mass is 32.2. The number of carbonyl (C=O) groups is 1. The van der Waals surface area contributed by atoms with Crippen LogP contribution in [0.4, 0.5) is 25.0 Å². The number of aliphatic imine (C=N–C) groups is 2. The molecule has 0 radical (unpaired) electrons. The smallest absolute Gasteiger partial charge is 0.434 e. The number of nitrogens with two attached hydrogens (primary N) is 1. The molecular formula is C20H21F2N3O4S. The summed E-state index contributed by atoms with van der Waals surface area (Å²) in [6.45, 7) is -1.13. The molecule has 2 aromatic carbocycles. The highest BCUT2D eigenvalue weighted by Crippen LogP contribution is 2.30. The van der Waals surface area contributed by atoms with E-state index < -0.39 is 18.6 Å². The summed E-state index contributed by atoms with van der Waals surface area (Å²) in [6.07, 6.45) is 0.778. The summed E-state index contributed by atoms with van der Waals surface area (Å²) in [4.78, 5) is 20.1. The van der Waals surface area contributed by atoms with Gasteiger partial charge < -0.3 is 19.9 Å². The molecule has 2 rings (SSSR count). The summed E-state index contributed by atoms with van der Waals surface area (Å²) in [5.41, 5.74) is 6.67. The first-order valence-electron chi connectivity index (χ1n) is 8.65. The van der Waals surface area contributed by atoms with Crippen molar-refractivity contribution in [3.63, 3.8) is 0 Å². The van der Waals surface area contributed by atoms with Gasteiger partial charge in [0.1, 0.15) is 29.8 Å². The molecule has 1 amide bonds. The predicted octanol–water partition coefficient (Wildman–Crippen LogP) is 4.41. The number of nitrogen functional groups attached to an aromatic ring is 1. The molecule has 0 bridgehead atoms. The van der Waals surface area contributed by atoms with Crippen LogP contribution in [0.3, 0.4) is 0 Å². The van der Waals surface area contributed by atoms with E-state index in [0.29, 0.717) is 11.4 Å². The Kier molecular flexibility index (Phi) is 8.60. The largest absolute Gasteiger partial charge is 0.497 e. The number of benzene rings is 2. The van der Waals surface area contributed by atoms with Crippen molar-refractivity contribution in [1.82, 2.24) is 0 Å². The van der Waals surface area contributed by atoms with Crippen molar-refractivity contribution in [2.75, 3.05) is 39.5 Å². The van der Waals surface area contributed by atoms with E-state index in [1.165, 1.54) is 26.4 Å². The first kappa shape index (κ1) is 23.1. The molecule has 2 N–H and O–H groups in total. The van der Waals surface area contributed by atoms with Gasteiger partial charge >= 0.3 is 6.09 Å². The molecule has 7 nitrogen and oxygen atoms in total. The van der Waals surface area contributed by atoms with Crippen molar-refractivity contribution >= 4 is 40.0 Å². The highest BCUT2D eigenvalue weighted by molar-refractivity contribution is 8.15. The van der Waals surface area contributed by atoms with Crippen LogP contribution in [0.2, 0.25) is 0 Å². The molecular weight excluding hydrogens is 416 g/mol. The van der Waals surface area contributed by atoms with Crippen LogP contribution in [-0.4, -0.2) is 50.6 Å². The van der Waals surface area contributed by atoms with E-state index in [1.807, 2.05) is 0 Å². The second-order valence-electron chi connectivity index (χ2n) is 5.67. The predicted molar refractivity (Wildman–Crippen MR) is 115 cm³/mol. The summed E-state index contributed by atoms with van der Waals surface area (Å²) < 4.78 is 42.8. The third kappa shape index (κ3) is 5.93. The van der Waals surface area contributed by atoms with Gasteiger partial charge in [-0.2, -0.15) is 4.99 Å². The zero-order chi connectivity index (χ0) is 22.1. The molecule has 0 fully saturated rings. The standard InChI is InChI=1S/C20H21F2N3O4S/c1-27-14-10-15(17(22)16(11-14)29-9-8-21)18(19(30-3)25-20(26)28-2)24-13-6-4-12(23)5-7-13/h4-7,10-11H,8-9,23H2,1-3H3. The summed E-state index contributed by atoms with van der Waals surface area (Å²) >= 11 is 1.07. The molecule has 0 aliphatic carbocycles. The second-order valence-corrected chi connectivity index (χ2v) is 6.46. The van der Waals surface area contributed by atoms with Crippen molar-refractivity contribution in [2.24, 2.45) is 9.98 Å². The lowest BCUT2D eigenvalue weighted by molar-refractivity contribution is 0.183.